The maximum Gasteiger partial charge on any atom is 0.192 e. The summed E-state index contributed by atoms with van der Waals surface area (Å²) in [5, 5.41) is 0. The predicted molar refractivity (Wildman–Crippen MR) is 91.8 cm³/mol. The van der Waals surface area contributed by atoms with E-state index in [1.807, 2.05) is 0 Å². The van der Waals surface area contributed by atoms with Gasteiger partial charge in [0.25, 0.3) is 0 Å². The lowest BCUT2D eigenvalue weighted by Crippen LogP contribution is -2.37. The number of hydrogen-bond acceptors (Lipinski definition) is 5. The van der Waals surface area contributed by atoms with E-state index in [2.05, 4.69) is 20.8 Å². The van der Waals surface area contributed by atoms with Crippen LogP contribution in [0.1, 0.15) is 40.0 Å². The van der Waals surface area contributed by atoms with Crippen LogP contribution in [-0.4, -0.2) is 46.0 Å². The molecule has 1 fully saturated rings. The molecule has 1 aliphatic rings. The minimum Gasteiger partial charge on any atom is -0.409 e. The highest BCUT2D eigenvalue weighted by Crippen LogP contribution is 2.21. The molecule has 0 saturated carbocycles. The highest BCUT2D eigenvalue weighted by molar-refractivity contribution is 6.73. The molecule has 1 unspecified atom stereocenters. The van der Waals surface area contributed by atoms with E-state index in [4.69, 9.17) is 13.9 Å². The molecule has 0 amide bonds. The second kappa shape index (κ2) is 10.9. The van der Waals surface area contributed by atoms with Gasteiger partial charge in [0.05, 0.1) is 6.61 Å². The molecule has 132 valence electrons. The van der Waals surface area contributed by atoms with Crippen LogP contribution in [0.3, 0.4) is 0 Å². The summed E-state index contributed by atoms with van der Waals surface area (Å²) >= 11 is 0. The van der Waals surface area contributed by atoms with E-state index in [0.29, 0.717) is 6.61 Å². The van der Waals surface area contributed by atoms with Crippen LogP contribution >= 0.6 is 0 Å². The quantitative estimate of drug-likeness (QED) is 0.426. The summed E-state index contributed by atoms with van der Waals surface area (Å²) < 4.78 is 16.7. The molecule has 23 heavy (non-hydrogen) atoms. The molecule has 0 spiro atoms. The molecule has 0 radical (unpaired) electrons. The summed E-state index contributed by atoms with van der Waals surface area (Å²) in [4.78, 5) is 23.5. The fourth-order valence-corrected chi connectivity index (χ4v) is 5.14. The fourth-order valence-electron chi connectivity index (χ4n) is 2.58. The van der Waals surface area contributed by atoms with Crippen LogP contribution in [0.2, 0.25) is 18.1 Å². The van der Waals surface area contributed by atoms with E-state index < -0.39 is 8.32 Å². The number of ketones is 2. The maximum atomic E-state index is 11.8. The summed E-state index contributed by atoms with van der Waals surface area (Å²) in [7, 11) is -1.76. The molecular weight excluding hydrogens is 312 g/mol. The van der Waals surface area contributed by atoms with Crippen molar-refractivity contribution in [2.45, 2.75) is 64.5 Å². The first-order valence-corrected chi connectivity index (χ1v) is 11.2. The number of carbonyl (C=O) groups excluding carboxylic acids is 2. The summed E-state index contributed by atoms with van der Waals surface area (Å²) in [5.41, 5.74) is 0. The van der Waals surface area contributed by atoms with Crippen molar-refractivity contribution in [3.8, 4) is 0 Å². The van der Waals surface area contributed by atoms with Gasteiger partial charge in [-0.1, -0.05) is 20.8 Å². The number of rotatable bonds is 11. The van der Waals surface area contributed by atoms with Crippen LogP contribution < -0.4 is 0 Å². The van der Waals surface area contributed by atoms with Gasteiger partial charge in [0.2, 0.25) is 0 Å². The van der Waals surface area contributed by atoms with E-state index in [-0.39, 0.29) is 31.1 Å². The number of carbonyl (C=O) groups is 2. The zero-order valence-corrected chi connectivity index (χ0v) is 15.6. The van der Waals surface area contributed by atoms with Crippen molar-refractivity contribution in [2.24, 2.45) is 0 Å². The Bertz CT molecular complexity index is 390. The molecular formula is C17H30O5Si. The van der Waals surface area contributed by atoms with Gasteiger partial charge in [-0.3, -0.25) is 9.59 Å². The Morgan fingerprint density at radius 3 is 2.17 bits per heavy atom. The molecule has 0 aliphatic carbocycles. The van der Waals surface area contributed by atoms with Crippen LogP contribution in [0.4, 0.5) is 0 Å². The van der Waals surface area contributed by atoms with E-state index >= 15 is 0 Å². The number of hydrogen-bond donors (Lipinski definition) is 0. The highest BCUT2D eigenvalue weighted by Gasteiger charge is 2.29. The summed E-state index contributed by atoms with van der Waals surface area (Å²) in [6.45, 7) is 7.06. The van der Waals surface area contributed by atoms with Crippen molar-refractivity contribution in [1.29, 1.82) is 0 Å². The lowest BCUT2D eigenvalue weighted by atomic mass is 10.2. The van der Waals surface area contributed by atoms with Gasteiger partial charge in [0.1, 0.15) is 6.61 Å². The summed E-state index contributed by atoms with van der Waals surface area (Å²) in [6.07, 6.45) is 5.21. The zero-order chi connectivity index (χ0) is 17.1. The van der Waals surface area contributed by atoms with Gasteiger partial charge in [-0.2, -0.15) is 0 Å². The van der Waals surface area contributed by atoms with E-state index in [1.54, 1.807) is 0 Å². The molecule has 0 bridgehead atoms. The molecule has 1 heterocycles. The van der Waals surface area contributed by atoms with E-state index in [1.165, 1.54) is 12.2 Å². The third kappa shape index (κ3) is 7.52. The lowest BCUT2D eigenvalue weighted by Gasteiger charge is -2.27. The molecule has 0 N–H and O–H groups in total. The zero-order valence-electron chi connectivity index (χ0n) is 14.6. The van der Waals surface area contributed by atoms with E-state index in [0.717, 1.165) is 37.4 Å². The van der Waals surface area contributed by atoms with Crippen molar-refractivity contribution in [3.05, 3.63) is 12.2 Å². The van der Waals surface area contributed by atoms with Crippen molar-refractivity contribution in [2.75, 3.05) is 19.8 Å². The predicted octanol–water partition coefficient (Wildman–Crippen LogP) is 3.25. The smallest absolute Gasteiger partial charge is 0.192 e. The first-order valence-electron chi connectivity index (χ1n) is 8.66. The Balaban J connectivity index is 2.29. The molecule has 6 heteroatoms. The largest absolute Gasteiger partial charge is 0.409 e. The van der Waals surface area contributed by atoms with Gasteiger partial charge in [-0.05, 0) is 49.5 Å². The van der Waals surface area contributed by atoms with Crippen molar-refractivity contribution < 1.29 is 23.5 Å². The molecule has 1 aliphatic heterocycles. The maximum absolute atomic E-state index is 11.8. The van der Waals surface area contributed by atoms with Crippen LogP contribution in [0.25, 0.3) is 0 Å². The Labute approximate surface area is 140 Å². The average Bonchev–Trinajstić information content (AvgIpc) is 2.60. The SMILES string of the molecule is CC[Si](CC)(CC)OCC(=O)/C=C\C(=O)COC1CCCCO1. The van der Waals surface area contributed by atoms with Crippen LogP contribution in [0.5, 0.6) is 0 Å². The van der Waals surface area contributed by atoms with Gasteiger partial charge in [0, 0.05) is 6.61 Å². The van der Waals surface area contributed by atoms with Gasteiger partial charge >= 0.3 is 0 Å². The Morgan fingerprint density at radius 2 is 1.65 bits per heavy atom. The normalized spacial score (nSPS) is 19.2. The monoisotopic (exact) mass is 342 g/mol. The molecule has 1 rings (SSSR count). The minimum absolute atomic E-state index is 0.0487. The summed E-state index contributed by atoms with van der Waals surface area (Å²) in [5.74, 6) is -0.392. The average molecular weight is 343 g/mol. The van der Waals surface area contributed by atoms with Crippen molar-refractivity contribution in [1.82, 2.24) is 0 Å². The molecule has 0 aromatic heterocycles. The summed E-state index contributed by atoms with van der Waals surface area (Å²) in [6, 6.07) is 3.02. The lowest BCUT2D eigenvalue weighted by molar-refractivity contribution is -0.167. The Hall–Kier alpha value is -0.823. The topological polar surface area (TPSA) is 61.8 Å². The van der Waals surface area contributed by atoms with Crippen molar-refractivity contribution in [3.63, 3.8) is 0 Å². The Morgan fingerprint density at radius 1 is 1.04 bits per heavy atom. The fraction of sp³-hybridized carbons (Fsp3) is 0.765. The third-order valence-electron chi connectivity index (χ3n) is 4.46. The van der Waals surface area contributed by atoms with E-state index in [9.17, 15) is 9.59 Å². The first-order chi connectivity index (χ1) is 11.0. The van der Waals surface area contributed by atoms with Crippen LogP contribution in [0, 0.1) is 0 Å². The van der Waals surface area contributed by atoms with Gasteiger partial charge in [0.15, 0.2) is 26.2 Å². The van der Waals surface area contributed by atoms with Gasteiger partial charge in [-0.15, -0.1) is 0 Å². The molecule has 1 atom stereocenters. The van der Waals surface area contributed by atoms with Gasteiger partial charge in [-0.25, -0.2) is 0 Å². The second-order valence-electron chi connectivity index (χ2n) is 5.91. The molecule has 5 nitrogen and oxygen atoms in total. The minimum atomic E-state index is -1.76. The van der Waals surface area contributed by atoms with Crippen LogP contribution in [-0.2, 0) is 23.5 Å². The Kier molecular flexibility index (Phi) is 9.55. The highest BCUT2D eigenvalue weighted by atomic mass is 28.4. The standard InChI is InChI=1S/C17H30O5Si/c1-4-23(5-2,6-3)22-14-16(19)11-10-15(18)13-21-17-9-7-8-12-20-17/h10-11,17H,4-9,12-14H2,1-3H3/b11-10-. The molecule has 1 saturated heterocycles. The second-order valence-corrected chi connectivity index (χ2v) is 10.7. The third-order valence-corrected chi connectivity index (χ3v) is 9.08. The molecule has 0 aromatic rings. The van der Waals surface area contributed by atoms with Crippen LogP contribution in [0.15, 0.2) is 12.2 Å². The van der Waals surface area contributed by atoms with Gasteiger partial charge < -0.3 is 13.9 Å². The van der Waals surface area contributed by atoms with Crippen molar-refractivity contribution >= 4 is 19.9 Å². The molecule has 0 aromatic carbocycles. The first kappa shape index (κ1) is 20.2. The number of ether oxygens (including phenoxy) is 2.